The molecule has 11 heteroatoms. The Morgan fingerprint density at radius 3 is 1.72 bits per heavy atom. The number of carbonyl (C=O) groups excluding carboxylic acids is 6. The summed E-state index contributed by atoms with van der Waals surface area (Å²) in [5, 5.41) is 5.42. The first kappa shape index (κ1) is 24.9. The van der Waals surface area contributed by atoms with Gasteiger partial charge >= 0.3 is 0 Å². The molecule has 0 saturated carbocycles. The van der Waals surface area contributed by atoms with Crippen molar-refractivity contribution < 1.29 is 33.5 Å². The van der Waals surface area contributed by atoms with Crippen LogP contribution in [-0.2, 0) is 33.5 Å². The van der Waals surface area contributed by atoms with Crippen molar-refractivity contribution in [1.82, 2.24) is 20.4 Å². The molecular formula is C21H28N4O7. The lowest BCUT2D eigenvalue weighted by Crippen LogP contribution is -2.39. The van der Waals surface area contributed by atoms with E-state index in [9.17, 15) is 28.8 Å². The first-order chi connectivity index (χ1) is 15.1. The summed E-state index contributed by atoms with van der Waals surface area (Å²) >= 11 is 0. The van der Waals surface area contributed by atoms with Gasteiger partial charge in [-0.3, -0.25) is 38.6 Å². The fraction of sp³-hybridized carbons (Fsp3) is 0.524. The van der Waals surface area contributed by atoms with Gasteiger partial charge in [-0.2, -0.15) is 0 Å². The van der Waals surface area contributed by atoms with Crippen LogP contribution in [-0.4, -0.2) is 84.6 Å². The second kappa shape index (κ2) is 11.3. The Hall–Kier alpha value is -3.34. The average molecular weight is 448 g/mol. The SMILES string of the molecule is CC(C)(CNC(=O)CCN1C(=O)C=CC1=O)COCCNC(=O)CCN1C(=O)C=CC1=O. The minimum Gasteiger partial charge on any atom is -0.379 e. The summed E-state index contributed by atoms with van der Waals surface area (Å²) in [6.45, 7) is 5.07. The molecule has 0 saturated heterocycles. The van der Waals surface area contributed by atoms with Crippen LogP contribution in [0.3, 0.4) is 0 Å². The van der Waals surface area contributed by atoms with Gasteiger partial charge in [-0.15, -0.1) is 0 Å². The zero-order valence-electron chi connectivity index (χ0n) is 18.2. The molecule has 174 valence electrons. The van der Waals surface area contributed by atoms with Crippen LogP contribution in [0.1, 0.15) is 26.7 Å². The van der Waals surface area contributed by atoms with Crippen LogP contribution in [0.2, 0.25) is 0 Å². The van der Waals surface area contributed by atoms with E-state index < -0.39 is 23.6 Å². The standard InChI is InChI=1S/C21H28N4O7/c1-21(2,13-23-16(27)8-11-25-19(30)5-6-20(25)31)14-32-12-9-22-15(26)7-10-24-17(28)3-4-18(24)29/h3-6H,7-14H2,1-2H3,(H,22,26)(H,23,27). The predicted octanol–water partition coefficient (Wildman–Crippen LogP) is -1.11. The van der Waals surface area contributed by atoms with E-state index in [1.54, 1.807) is 0 Å². The third-order valence-electron chi connectivity index (χ3n) is 4.75. The zero-order chi connectivity index (χ0) is 23.7. The number of carbonyl (C=O) groups is 6. The summed E-state index contributed by atoms with van der Waals surface area (Å²) in [6.07, 6.45) is 4.73. The number of imide groups is 2. The number of hydrogen-bond donors (Lipinski definition) is 2. The van der Waals surface area contributed by atoms with E-state index in [0.29, 0.717) is 13.2 Å². The lowest BCUT2D eigenvalue weighted by Gasteiger charge is -2.25. The summed E-state index contributed by atoms with van der Waals surface area (Å²) in [4.78, 5) is 71.6. The van der Waals surface area contributed by atoms with Gasteiger partial charge < -0.3 is 15.4 Å². The molecule has 0 aromatic rings. The Morgan fingerprint density at radius 1 is 0.812 bits per heavy atom. The normalized spacial score (nSPS) is 15.8. The van der Waals surface area contributed by atoms with E-state index in [1.165, 1.54) is 24.3 Å². The highest BCUT2D eigenvalue weighted by Crippen LogP contribution is 2.14. The van der Waals surface area contributed by atoms with Crippen molar-refractivity contribution in [2.24, 2.45) is 5.41 Å². The maximum Gasteiger partial charge on any atom is 0.253 e. The Balaban J connectivity index is 1.53. The van der Waals surface area contributed by atoms with Gasteiger partial charge in [0.2, 0.25) is 11.8 Å². The highest BCUT2D eigenvalue weighted by Gasteiger charge is 2.25. The third kappa shape index (κ3) is 7.73. The van der Waals surface area contributed by atoms with E-state index in [2.05, 4.69) is 10.6 Å². The quantitative estimate of drug-likeness (QED) is 0.269. The van der Waals surface area contributed by atoms with Crippen molar-refractivity contribution in [3.05, 3.63) is 24.3 Å². The second-order valence-corrected chi connectivity index (χ2v) is 8.17. The van der Waals surface area contributed by atoms with Gasteiger partial charge in [-0.25, -0.2) is 0 Å². The van der Waals surface area contributed by atoms with Crippen molar-refractivity contribution >= 4 is 35.4 Å². The van der Waals surface area contributed by atoms with Gasteiger partial charge in [0.15, 0.2) is 0 Å². The monoisotopic (exact) mass is 448 g/mol. The second-order valence-electron chi connectivity index (χ2n) is 8.17. The van der Waals surface area contributed by atoms with Crippen LogP contribution in [0.5, 0.6) is 0 Å². The molecule has 32 heavy (non-hydrogen) atoms. The van der Waals surface area contributed by atoms with Crippen LogP contribution in [0, 0.1) is 5.41 Å². The topological polar surface area (TPSA) is 142 Å². The first-order valence-corrected chi connectivity index (χ1v) is 10.3. The highest BCUT2D eigenvalue weighted by molar-refractivity contribution is 6.13. The van der Waals surface area contributed by atoms with Crippen LogP contribution < -0.4 is 10.6 Å². The summed E-state index contributed by atoms with van der Waals surface area (Å²) in [5.41, 5.74) is -0.371. The molecule has 0 fully saturated rings. The molecule has 0 radical (unpaired) electrons. The first-order valence-electron chi connectivity index (χ1n) is 10.3. The molecule has 0 spiro atoms. The molecule has 0 bridgehead atoms. The van der Waals surface area contributed by atoms with Crippen LogP contribution in [0.15, 0.2) is 24.3 Å². The number of amides is 6. The lowest BCUT2D eigenvalue weighted by molar-refractivity contribution is -0.139. The van der Waals surface area contributed by atoms with E-state index in [4.69, 9.17) is 4.74 Å². The fourth-order valence-corrected chi connectivity index (χ4v) is 2.91. The minimum absolute atomic E-state index is 0.0152. The highest BCUT2D eigenvalue weighted by atomic mass is 16.5. The lowest BCUT2D eigenvalue weighted by atomic mass is 9.95. The summed E-state index contributed by atoms with van der Waals surface area (Å²) in [7, 11) is 0. The van der Waals surface area contributed by atoms with E-state index in [0.717, 1.165) is 9.80 Å². The maximum absolute atomic E-state index is 12.0. The number of rotatable bonds is 13. The van der Waals surface area contributed by atoms with Crippen LogP contribution in [0.25, 0.3) is 0 Å². The zero-order valence-corrected chi connectivity index (χ0v) is 18.2. The summed E-state index contributed by atoms with van der Waals surface area (Å²) < 4.78 is 5.56. The Labute approximate surface area is 185 Å². The molecule has 0 aliphatic carbocycles. The number of nitrogens with zero attached hydrogens (tertiary/aromatic N) is 2. The smallest absolute Gasteiger partial charge is 0.253 e. The largest absolute Gasteiger partial charge is 0.379 e. The average Bonchev–Trinajstić information content (AvgIpc) is 3.23. The number of nitrogens with one attached hydrogen (secondary N) is 2. The molecule has 11 nitrogen and oxygen atoms in total. The molecule has 2 rings (SSSR count). The fourth-order valence-electron chi connectivity index (χ4n) is 2.91. The molecule has 0 aromatic heterocycles. The van der Waals surface area contributed by atoms with Crippen molar-refractivity contribution in [1.29, 1.82) is 0 Å². The van der Waals surface area contributed by atoms with E-state index >= 15 is 0 Å². The molecule has 2 aliphatic rings. The van der Waals surface area contributed by atoms with Gasteiger partial charge in [0, 0.05) is 68.7 Å². The van der Waals surface area contributed by atoms with E-state index in [-0.39, 0.29) is 56.3 Å². The molecule has 2 heterocycles. The van der Waals surface area contributed by atoms with Gasteiger partial charge in [-0.05, 0) is 0 Å². The van der Waals surface area contributed by atoms with Gasteiger partial charge in [0.05, 0.1) is 13.2 Å². The van der Waals surface area contributed by atoms with Crippen molar-refractivity contribution in [3.63, 3.8) is 0 Å². The van der Waals surface area contributed by atoms with Crippen molar-refractivity contribution in [2.45, 2.75) is 26.7 Å². The third-order valence-corrected chi connectivity index (χ3v) is 4.75. The summed E-state index contributed by atoms with van der Waals surface area (Å²) in [6, 6.07) is 0. The molecule has 2 N–H and O–H groups in total. The molecule has 6 amide bonds. The summed E-state index contributed by atoms with van der Waals surface area (Å²) in [5.74, 6) is -2.25. The maximum atomic E-state index is 12.0. The van der Waals surface area contributed by atoms with Crippen molar-refractivity contribution in [3.8, 4) is 0 Å². The van der Waals surface area contributed by atoms with Crippen LogP contribution >= 0.6 is 0 Å². The predicted molar refractivity (Wildman–Crippen MR) is 112 cm³/mol. The minimum atomic E-state index is -0.421. The Kier molecular flexibility index (Phi) is 8.82. The Morgan fingerprint density at radius 2 is 1.25 bits per heavy atom. The van der Waals surface area contributed by atoms with Gasteiger partial charge in [0.1, 0.15) is 0 Å². The molecule has 0 unspecified atom stereocenters. The molecule has 0 aromatic carbocycles. The molecule has 2 aliphatic heterocycles. The van der Waals surface area contributed by atoms with Crippen molar-refractivity contribution in [2.75, 3.05) is 39.4 Å². The van der Waals surface area contributed by atoms with Gasteiger partial charge in [0.25, 0.3) is 23.6 Å². The number of hydrogen-bond acceptors (Lipinski definition) is 7. The molecule has 0 atom stereocenters. The Bertz CT molecular complexity index is 811. The van der Waals surface area contributed by atoms with Crippen LogP contribution in [0.4, 0.5) is 0 Å². The van der Waals surface area contributed by atoms with Gasteiger partial charge in [-0.1, -0.05) is 13.8 Å². The number of ether oxygens (including phenoxy) is 1. The molecular weight excluding hydrogens is 420 g/mol. The van der Waals surface area contributed by atoms with E-state index in [1.807, 2.05) is 13.8 Å².